The molecule has 116 valence electrons. The summed E-state index contributed by atoms with van der Waals surface area (Å²) in [5, 5.41) is 3.97. The van der Waals surface area contributed by atoms with Gasteiger partial charge in [0.05, 0.1) is 23.6 Å². The molecule has 0 fully saturated rings. The van der Waals surface area contributed by atoms with Crippen LogP contribution in [0.4, 0.5) is 0 Å². The van der Waals surface area contributed by atoms with Crippen molar-refractivity contribution in [3.63, 3.8) is 0 Å². The molecule has 0 unspecified atom stereocenters. The van der Waals surface area contributed by atoms with Gasteiger partial charge < -0.3 is 4.57 Å². The lowest BCUT2D eigenvalue weighted by Crippen LogP contribution is -2.19. The molecule has 3 aromatic rings. The van der Waals surface area contributed by atoms with Gasteiger partial charge in [-0.2, -0.15) is 5.10 Å². The van der Waals surface area contributed by atoms with Crippen molar-refractivity contribution in [2.45, 2.75) is 13.0 Å². The average Bonchev–Trinajstić information content (AvgIpc) is 2.98. The largest absolute Gasteiger partial charge is 0.330 e. The van der Waals surface area contributed by atoms with Crippen LogP contribution in [0.5, 0.6) is 0 Å². The van der Waals surface area contributed by atoms with Gasteiger partial charge in [0.15, 0.2) is 0 Å². The molecule has 1 amide bonds. The molecule has 0 saturated heterocycles. The number of benzene rings is 2. The van der Waals surface area contributed by atoms with E-state index >= 15 is 0 Å². The van der Waals surface area contributed by atoms with E-state index in [1.165, 1.54) is 0 Å². The Balaban J connectivity index is 1.52. The summed E-state index contributed by atoms with van der Waals surface area (Å²) in [5.74, 6) is -0.129. The van der Waals surface area contributed by atoms with E-state index in [9.17, 15) is 4.79 Å². The average molecular weight is 371 g/mol. The van der Waals surface area contributed by atoms with E-state index in [2.05, 4.69) is 31.4 Å². The number of amides is 1. The molecule has 2 aromatic carbocycles. The lowest BCUT2D eigenvalue weighted by molar-refractivity contribution is -0.121. The van der Waals surface area contributed by atoms with Gasteiger partial charge in [0.25, 0.3) is 0 Å². The van der Waals surface area contributed by atoms with E-state index in [0.717, 1.165) is 21.1 Å². The Morgan fingerprint density at radius 2 is 2.00 bits per heavy atom. The quantitative estimate of drug-likeness (QED) is 0.553. The van der Waals surface area contributed by atoms with Gasteiger partial charge in [-0.05, 0) is 29.8 Å². The van der Waals surface area contributed by atoms with Crippen molar-refractivity contribution in [2.24, 2.45) is 5.10 Å². The highest BCUT2D eigenvalue weighted by molar-refractivity contribution is 9.10. The predicted octanol–water partition coefficient (Wildman–Crippen LogP) is 3.34. The summed E-state index contributed by atoms with van der Waals surface area (Å²) in [6, 6.07) is 15.5. The minimum Gasteiger partial charge on any atom is -0.330 e. The normalized spacial score (nSPS) is 11.2. The van der Waals surface area contributed by atoms with Crippen molar-refractivity contribution in [2.75, 3.05) is 0 Å². The monoisotopic (exact) mass is 370 g/mol. The summed E-state index contributed by atoms with van der Waals surface area (Å²) < 4.78 is 2.97. The zero-order valence-electron chi connectivity index (χ0n) is 12.3. The zero-order valence-corrected chi connectivity index (χ0v) is 13.9. The Morgan fingerprint density at radius 1 is 1.22 bits per heavy atom. The van der Waals surface area contributed by atoms with Crippen LogP contribution in [0.15, 0.2) is 64.4 Å². The number of para-hydroxylation sites is 2. The molecular weight excluding hydrogens is 356 g/mol. The molecule has 1 N–H and O–H groups in total. The molecule has 23 heavy (non-hydrogen) atoms. The fourth-order valence-corrected chi connectivity index (χ4v) is 2.46. The summed E-state index contributed by atoms with van der Waals surface area (Å²) in [7, 11) is 0. The third-order valence-corrected chi connectivity index (χ3v) is 3.91. The van der Waals surface area contributed by atoms with Crippen molar-refractivity contribution < 1.29 is 4.79 Å². The van der Waals surface area contributed by atoms with Crippen molar-refractivity contribution in [1.29, 1.82) is 0 Å². The number of imidazole rings is 1. The molecule has 6 heteroatoms. The topological polar surface area (TPSA) is 59.3 Å². The predicted molar refractivity (Wildman–Crippen MR) is 94.2 cm³/mol. The number of rotatable bonds is 5. The molecule has 0 spiro atoms. The van der Waals surface area contributed by atoms with Gasteiger partial charge in [0.2, 0.25) is 5.91 Å². The van der Waals surface area contributed by atoms with Gasteiger partial charge in [0, 0.05) is 17.4 Å². The first-order valence-electron chi connectivity index (χ1n) is 7.20. The van der Waals surface area contributed by atoms with E-state index in [1.807, 2.05) is 53.1 Å². The highest BCUT2D eigenvalue weighted by Crippen LogP contribution is 2.12. The Morgan fingerprint density at radius 3 is 2.83 bits per heavy atom. The molecule has 5 nitrogen and oxygen atoms in total. The molecule has 0 aliphatic heterocycles. The molecule has 0 radical (unpaired) electrons. The number of hydrogen-bond donors (Lipinski definition) is 1. The molecule has 0 bridgehead atoms. The lowest BCUT2D eigenvalue weighted by atomic mass is 10.2. The molecule has 0 saturated carbocycles. The van der Waals surface area contributed by atoms with Gasteiger partial charge in [-0.25, -0.2) is 10.4 Å². The van der Waals surface area contributed by atoms with Crippen molar-refractivity contribution >= 4 is 39.1 Å². The third kappa shape index (κ3) is 4.04. The molecular formula is C17H15BrN4O. The van der Waals surface area contributed by atoms with Crippen LogP contribution < -0.4 is 5.43 Å². The second kappa shape index (κ2) is 7.19. The molecule has 0 aliphatic rings. The summed E-state index contributed by atoms with van der Waals surface area (Å²) >= 11 is 3.37. The first kappa shape index (κ1) is 15.4. The van der Waals surface area contributed by atoms with Crippen molar-refractivity contribution in [3.8, 4) is 0 Å². The van der Waals surface area contributed by atoms with Crippen molar-refractivity contribution in [1.82, 2.24) is 15.0 Å². The van der Waals surface area contributed by atoms with Crippen LogP contribution in [-0.2, 0) is 11.3 Å². The van der Waals surface area contributed by atoms with Gasteiger partial charge in [-0.15, -0.1) is 0 Å². The van der Waals surface area contributed by atoms with E-state index < -0.39 is 0 Å². The Bertz CT molecular complexity index is 839. The number of carbonyl (C=O) groups is 1. The van der Waals surface area contributed by atoms with Gasteiger partial charge >= 0.3 is 0 Å². The first-order valence-corrected chi connectivity index (χ1v) is 7.99. The maximum absolute atomic E-state index is 11.9. The molecule has 0 aliphatic carbocycles. The first-order chi connectivity index (χ1) is 11.2. The van der Waals surface area contributed by atoms with Crippen LogP contribution in [0.3, 0.4) is 0 Å². The highest BCUT2D eigenvalue weighted by atomic mass is 79.9. The number of aromatic nitrogens is 2. The lowest BCUT2D eigenvalue weighted by Gasteiger charge is -2.03. The van der Waals surface area contributed by atoms with Crippen LogP contribution in [0.2, 0.25) is 0 Å². The van der Waals surface area contributed by atoms with E-state index in [0.29, 0.717) is 13.0 Å². The van der Waals surface area contributed by atoms with E-state index in [4.69, 9.17) is 0 Å². The van der Waals surface area contributed by atoms with Crippen LogP contribution in [-0.4, -0.2) is 21.7 Å². The van der Waals surface area contributed by atoms with Gasteiger partial charge in [-0.1, -0.05) is 40.2 Å². The maximum atomic E-state index is 11.9. The maximum Gasteiger partial charge on any atom is 0.241 e. The van der Waals surface area contributed by atoms with E-state index in [1.54, 1.807) is 12.5 Å². The Kier molecular flexibility index (Phi) is 4.83. The second-order valence-electron chi connectivity index (χ2n) is 5.02. The number of carbonyl (C=O) groups excluding carboxylic acids is 1. The fraction of sp³-hybridized carbons (Fsp3) is 0.118. The molecule has 1 aromatic heterocycles. The highest BCUT2D eigenvalue weighted by Gasteiger charge is 2.04. The van der Waals surface area contributed by atoms with Crippen molar-refractivity contribution in [3.05, 3.63) is 64.9 Å². The number of nitrogens with zero attached hydrogens (tertiary/aromatic N) is 3. The number of aryl methyl sites for hydroxylation is 1. The molecule has 1 heterocycles. The fourth-order valence-electron chi connectivity index (χ4n) is 2.19. The SMILES string of the molecule is O=C(CCn1cnc2ccccc21)NN=Cc1ccc(Br)cc1. The van der Waals surface area contributed by atoms with Crippen LogP contribution in [0.1, 0.15) is 12.0 Å². The Hall–Kier alpha value is -2.47. The smallest absolute Gasteiger partial charge is 0.241 e. The van der Waals surface area contributed by atoms with Gasteiger partial charge in [0.1, 0.15) is 0 Å². The number of hydrogen-bond acceptors (Lipinski definition) is 3. The Labute approximate surface area is 142 Å². The number of fused-ring (bicyclic) bond motifs is 1. The number of nitrogens with one attached hydrogen (secondary N) is 1. The number of halogens is 1. The van der Waals surface area contributed by atoms with E-state index in [-0.39, 0.29) is 5.91 Å². The van der Waals surface area contributed by atoms with Crippen LogP contribution >= 0.6 is 15.9 Å². The standard InChI is InChI=1S/C17H15BrN4O/c18-14-7-5-13(6-8-14)11-20-21-17(23)9-10-22-12-19-15-3-1-2-4-16(15)22/h1-8,11-12H,9-10H2,(H,21,23). The number of hydrazone groups is 1. The molecule has 0 atom stereocenters. The molecule has 3 rings (SSSR count). The van der Waals surface area contributed by atoms with Crippen LogP contribution in [0.25, 0.3) is 11.0 Å². The summed E-state index contributed by atoms with van der Waals surface area (Å²) in [6.07, 6.45) is 3.72. The van der Waals surface area contributed by atoms with Gasteiger partial charge in [-0.3, -0.25) is 4.79 Å². The second-order valence-corrected chi connectivity index (χ2v) is 5.94. The minimum atomic E-state index is -0.129. The minimum absolute atomic E-state index is 0.129. The zero-order chi connectivity index (χ0) is 16.1. The summed E-state index contributed by atoms with van der Waals surface area (Å²) in [5.41, 5.74) is 5.42. The third-order valence-electron chi connectivity index (χ3n) is 3.38. The summed E-state index contributed by atoms with van der Waals surface area (Å²) in [6.45, 7) is 0.570. The summed E-state index contributed by atoms with van der Waals surface area (Å²) in [4.78, 5) is 16.2. The van der Waals surface area contributed by atoms with Crippen LogP contribution in [0, 0.1) is 0 Å².